The number of aromatic amines is 1. The first-order chi connectivity index (χ1) is 14.7. The van der Waals surface area contributed by atoms with Gasteiger partial charge in [-0.1, -0.05) is 6.07 Å². The van der Waals surface area contributed by atoms with Gasteiger partial charge in [0, 0.05) is 29.4 Å². The molecular formula is C23H26N4O3S. The molecule has 8 heteroatoms. The van der Waals surface area contributed by atoms with Crippen molar-refractivity contribution in [2.75, 3.05) is 16.8 Å². The number of nitrogens with zero attached hydrogens (tertiary/aromatic N) is 2. The SMILES string of the molecule is Cc1nc(-c2c[nH]c(C(=O)Nc3ccc4c(c3)N(C(=O)OC(C)(C)C)CCC4)c2)cs1. The Kier molecular flexibility index (Phi) is 5.58. The van der Waals surface area contributed by atoms with E-state index in [4.69, 9.17) is 4.74 Å². The number of benzene rings is 1. The number of thiazole rings is 1. The van der Waals surface area contributed by atoms with Gasteiger partial charge in [-0.2, -0.15) is 0 Å². The second-order valence-corrected chi connectivity index (χ2v) is 9.65. The van der Waals surface area contributed by atoms with Gasteiger partial charge < -0.3 is 15.0 Å². The van der Waals surface area contributed by atoms with Crippen molar-refractivity contribution in [1.29, 1.82) is 0 Å². The van der Waals surface area contributed by atoms with Crippen LogP contribution >= 0.6 is 11.3 Å². The minimum absolute atomic E-state index is 0.252. The van der Waals surface area contributed by atoms with E-state index >= 15 is 0 Å². The molecule has 0 radical (unpaired) electrons. The molecule has 1 aliphatic rings. The van der Waals surface area contributed by atoms with Crippen LogP contribution in [0.2, 0.25) is 0 Å². The normalized spacial score (nSPS) is 13.6. The number of hydrogen-bond donors (Lipinski definition) is 2. The molecule has 0 atom stereocenters. The van der Waals surface area contributed by atoms with Crippen molar-refractivity contribution < 1.29 is 14.3 Å². The average Bonchev–Trinajstić information content (AvgIpc) is 3.35. The molecular weight excluding hydrogens is 412 g/mol. The molecule has 0 fully saturated rings. The zero-order valence-electron chi connectivity index (χ0n) is 18.1. The number of nitrogens with one attached hydrogen (secondary N) is 2. The lowest BCUT2D eigenvalue weighted by Gasteiger charge is -2.32. The van der Waals surface area contributed by atoms with Gasteiger partial charge in [0.1, 0.15) is 11.3 Å². The fraction of sp³-hybridized carbons (Fsp3) is 0.348. The van der Waals surface area contributed by atoms with Gasteiger partial charge >= 0.3 is 6.09 Å². The molecule has 0 saturated heterocycles. The van der Waals surface area contributed by atoms with Gasteiger partial charge in [-0.3, -0.25) is 9.69 Å². The molecule has 31 heavy (non-hydrogen) atoms. The van der Waals surface area contributed by atoms with Crippen LogP contribution in [-0.4, -0.2) is 34.1 Å². The average molecular weight is 439 g/mol. The molecule has 2 N–H and O–H groups in total. The maximum absolute atomic E-state index is 12.8. The molecule has 2 amide bonds. The number of carbonyl (C=O) groups excluding carboxylic acids is 2. The molecule has 162 valence electrons. The van der Waals surface area contributed by atoms with Crippen molar-refractivity contribution >= 4 is 34.7 Å². The molecule has 0 aliphatic carbocycles. The first-order valence-corrected chi connectivity index (χ1v) is 11.1. The number of anilines is 2. The summed E-state index contributed by atoms with van der Waals surface area (Å²) < 4.78 is 5.56. The Bertz CT molecular complexity index is 1130. The van der Waals surface area contributed by atoms with Gasteiger partial charge in [0.15, 0.2) is 0 Å². The highest BCUT2D eigenvalue weighted by Crippen LogP contribution is 2.31. The van der Waals surface area contributed by atoms with Crippen molar-refractivity contribution in [3.05, 3.63) is 52.1 Å². The highest BCUT2D eigenvalue weighted by molar-refractivity contribution is 7.09. The lowest BCUT2D eigenvalue weighted by atomic mass is 10.0. The van der Waals surface area contributed by atoms with Gasteiger partial charge in [-0.05, 0) is 64.3 Å². The molecule has 1 aromatic carbocycles. The van der Waals surface area contributed by atoms with Gasteiger partial charge in [-0.25, -0.2) is 9.78 Å². The first-order valence-electron chi connectivity index (χ1n) is 10.3. The monoisotopic (exact) mass is 438 g/mol. The third-order valence-electron chi connectivity index (χ3n) is 4.92. The molecule has 1 aliphatic heterocycles. The molecule has 7 nitrogen and oxygen atoms in total. The smallest absolute Gasteiger partial charge is 0.414 e. The van der Waals surface area contributed by atoms with Crippen LogP contribution < -0.4 is 10.2 Å². The quantitative estimate of drug-likeness (QED) is 0.574. The predicted octanol–water partition coefficient (Wildman–Crippen LogP) is 5.39. The van der Waals surface area contributed by atoms with Crippen molar-refractivity contribution in [1.82, 2.24) is 9.97 Å². The molecule has 0 bridgehead atoms. The second kappa shape index (κ2) is 8.19. The fourth-order valence-corrected chi connectivity index (χ4v) is 4.15. The van der Waals surface area contributed by atoms with Crippen molar-refractivity contribution in [3.8, 4) is 11.3 Å². The van der Waals surface area contributed by atoms with Crippen LogP contribution in [0.5, 0.6) is 0 Å². The zero-order chi connectivity index (χ0) is 22.2. The van der Waals surface area contributed by atoms with Crippen LogP contribution in [0.4, 0.5) is 16.2 Å². The third kappa shape index (κ3) is 4.80. The van der Waals surface area contributed by atoms with Crippen molar-refractivity contribution in [2.24, 2.45) is 0 Å². The standard InChI is InChI=1S/C23H26N4O3S/c1-14-25-19(13-31-14)16-10-18(24-12-16)21(28)26-17-8-7-15-6-5-9-27(20(15)11-17)22(29)30-23(2,3)4/h7-8,10-13,24H,5-6,9H2,1-4H3,(H,26,28). The molecule has 0 spiro atoms. The number of amides is 2. The van der Waals surface area contributed by atoms with E-state index in [1.807, 2.05) is 51.3 Å². The van der Waals surface area contributed by atoms with Crippen LogP contribution in [0.25, 0.3) is 11.3 Å². The van der Waals surface area contributed by atoms with E-state index in [9.17, 15) is 9.59 Å². The Morgan fingerprint density at radius 3 is 2.77 bits per heavy atom. The summed E-state index contributed by atoms with van der Waals surface area (Å²) in [6.07, 6.45) is 3.17. The van der Waals surface area contributed by atoms with Crippen molar-refractivity contribution in [3.63, 3.8) is 0 Å². The largest absolute Gasteiger partial charge is 0.443 e. The molecule has 2 aromatic heterocycles. The van der Waals surface area contributed by atoms with E-state index < -0.39 is 5.60 Å². The molecule has 0 saturated carbocycles. The molecule has 0 unspecified atom stereocenters. The van der Waals surface area contributed by atoms with Gasteiger partial charge in [0.05, 0.1) is 16.4 Å². The van der Waals surface area contributed by atoms with E-state index in [1.165, 1.54) is 0 Å². The Morgan fingerprint density at radius 1 is 1.26 bits per heavy atom. The number of aryl methyl sites for hydroxylation is 2. The van der Waals surface area contributed by atoms with E-state index in [2.05, 4.69) is 15.3 Å². The highest BCUT2D eigenvalue weighted by Gasteiger charge is 2.27. The summed E-state index contributed by atoms with van der Waals surface area (Å²) in [6.45, 7) is 8.09. The van der Waals surface area contributed by atoms with Gasteiger partial charge in [-0.15, -0.1) is 11.3 Å². The fourth-order valence-electron chi connectivity index (χ4n) is 3.53. The van der Waals surface area contributed by atoms with Crippen LogP contribution in [0.3, 0.4) is 0 Å². The van der Waals surface area contributed by atoms with Crippen LogP contribution in [0, 0.1) is 6.92 Å². The maximum atomic E-state index is 12.8. The summed E-state index contributed by atoms with van der Waals surface area (Å²) in [5.41, 5.74) is 4.07. The van der Waals surface area contributed by atoms with Gasteiger partial charge in [0.25, 0.3) is 5.91 Å². The lowest BCUT2D eigenvalue weighted by Crippen LogP contribution is -2.39. The topological polar surface area (TPSA) is 87.3 Å². The predicted molar refractivity (Wildman–Crippen MR) is 123 cm³/mol. The summed E-state index contributed by atoms with van der Waals surface area (Å²) >= 11 is 1.57. The third-order valence-corrected chi connectivity index (χ3v) is 5.69. The van der Waals surface area contributed by atoms with E-state index in [1.54, 1.807) is 28.5 Å². The summed E-state index contributed by atoms with van der Waals surface area (Å²) in [5.74, 6) is -0.252. The van der Waals surface area contributed by atoms with Crippen LogP contribution in [0.1, 0.15) is 48.3 Å². The van der Waals surface area contributed by atoms with Crippen LogP contribution in [0.15, 0.2) is 35.8 Å². The summed E-state index contributed by atoms with van der Waals surface area (Å²) in [5, 5.41) is 5.86. The zero-order valence-corrected chi connectivity index (χ0v) is 18.9. The number of hydrogen-bond acceptors (Lipinski definition) is 5. The number of aromatic nitrogens is 2. The number of carbonyl (C=O) groups is 2. The van der Waals surface area contributed by atoms with Gasteiger partial charge in [0.2, 0.25) is 0 Å². The van der Waals surface area contributed by atoms with E-state index in [0.29, 0.717) is 17.9 Å². The van der Waals surface area contributed by atoms with Crippen molar-refractivity contribution in [2.45, 2.75) is 46.1 Å². The minimum Gasteiger partial charge on any atom is -0.443 e. The van der Waals surface area contributed by atoms with Crippen LogP contribution in [-0.2, 0) is 11.2 Å². The molecule has 3 aromatic rings. The highest BCUT2D eigenvalue weighted by atomic mass is 32.1. The lowest BCUT2D eigenvalue weighted by molar-refractivity contribution is 0.0577. The van der Waals surface area contributed by atoms with E-state index in [-0.39, 0.29) is 12.0 Å². The van der Waals surface area contributed by atoms with E-state index in [0.717, 1.165) is 40.4 Å². The summed E-state index contributed by atoms with van der Waals surface area (Å²) in [6, 6.07) is 7.45. The molecule has 3 heterocycles. The molecule has 4 rings (SSSR count). The Labute approximate surface area is 185 Å². The number of fused-ring (bicyclic) bond motifs is 1. The maximum Gasteiger partial charge on any atom is 0.414 e. The Morgan fingerprint density at radius 2 is 2.06 bits per heavy atom. The number of rotatable bonds is 3. The second-order valence-electron chi connectivity index (χ2n) is 8.59. The Balaban J connectivity index is 1.52. The minimum atomic E-state index is -0.568. The Hall–Kier alpha value is -3.13. The number of ether oxygens (including phenoxy) is 1. The summed E-state index contributed by atoms with van der Waals surface area (Å²) in [4.78, 5) is 34.6. The first kappa shape index (κ1) is 21.1. The number of H-pyrrole nitrogens is 1. The summed E-state index contributed by atoms with van der Waals surface area (Å²) in [7, 11) is 0.